The SMILES string of the molecule is CC(C)n1nc(-c2cc(C#N)c(C(=O)O)nc2-c2ccccc2)ccc1=O. The first-order valence-electron chi connectivity index (χ1n) is 8.26. The number of nitriles is 1. The van der Waals surface area contributed by atoms with Gasteiger partial charge in [-0.2, -0.15) is 10.4 Å². The van der Waals surface area contributed by atoms with Crippen LogP contribution in [-0.2, 0) is 0 Å². The quantitative estimate of drug-likeness (QED) is 0.765. The summed E-state index contributed by atoms with van der Waals surface area (Å²) in [6.07, 6.45) is 0. The molecular weight excluding hydrogens is 344 g/mol. The molecule has 0 amide bonds. The molecule has 0 bridgehead atoms. The molecule has 0 radical (unpaired) electrons. The van der Waals surface area contributed by atoms with Crippen LogP contribution in [0.4, 0.5) is 0 Å². The van der Waals surface area contributed by atoms with Crippen LogP contribution in [-0.4, -0.2) is 25.8 Å². The Morgan fingerprint density at radius 1 is 1.19 bits per heavy atom. The molecule has 1 aromatic carbocycles. The van der Waals surface area contributed by atoms with E-state index in [0.29, 0.717) is 22.5 Å². The van der Waals surface area contributed by atoms with Crippen molar-refractivity contribution in [1.82, 2.24) is 14.8 Å². The number of aromatic carboxylic acids is 1. The summed E-state index contributed by atoms with van der Waals surface area (Å²) in [5, 5.41) is 23.2. The van der Waals surface area contributed by atoms with E-state index >= 15 is 0 Å². The normalized spacial score (nSPS) is 10.6. The monoisotopic (exact) mass is 360 g/mol. The van der Waals surface area contributed by atoms with Crippen molar-refractivity contribution in [2.24, 2.45) is 0 Å². The highest BCUT2D eigenvalue weighted by Gasteiger charge is 2.20. The van der Waals surface area contributed by atoms with Crippen molar-refractivity contribution in [3.63, 3.8) is 0 Å². The standard InChI is InChI=1S/C20H16N4O3/c1-12(2)24-17(25)9-8-16(23-24)15-10-14(11-21)19(20(26)27)22-18(15)13-6-4-3-5-7-13/h3-10,12H,1-2H3,(H,26,27). The summed E-state index contributed by atoms with van der Waals surface area (Å²) in [7, 11) is 0. The molecular formula is C20H16N4O3. The van der Waals surface area contributed by atoms with Crippen LogP contribution in [0.15, 0.2) is 53.3 Å². The lowest BCUT2D eigenvalue weighted by molar-refractivity contribution is 0.0690. The molecule has 134 valence electrons. The Hall–Kier alpha value is -3.79. The maximum absolute atomic E-state index is 12.0. The first-order chi connectivity index (χ1) is 12.9. The van der Waals surface area contributed by atoms with E-state index in [4.69, 9.17) is 0 Å². The van der Waals surface area contributed by atoms with Gasteiger partial charge in [-0.1, -0.05) is 30.3 Å². The number of rotatable bonds is 4. The second-order valence-corrected chi connectivity index (χ2v) is 6.16. The number of benzene rings is 1. The zero-order valence-electron chi connectivity index (χ0n) is 14.7. The highest BCUT2D eigenvalue weighted by molar-refractivity contribution is 5.92. The number of carboxylic acids is 1. The topological polar surface area (TPSA) is 109 Å². The second kappa shape index (κ2) is 7.22. The Bertz CT molecular complexity index is 1110. The zero-order chi connectivity index (χ0) is 19.6. The summed E-state index contributed by atoms with van der Waals surface area (Å²) in [5.74, 6) is -1.28. The molecule has 1 N–H and O–H groups in total. The minimum Gasteiger partial charge on any atom is -0.476 e. The van der Waals surface area contributed by atoms with E-state index in [9.17, 15) is 20.0 Å². The summed E-state index contributed by atoms with van der Waals surface area (Å²) in [4.78, 5) is 27.8. The van der Waals surface area contributed by atoms with E-state index in [1.807, 2.05) is 38.1 Å². The van der Waals surface area contributed by atoms with Gasteiger partial charge < -0.3 is 5.11 Å². The predicted molar refractivity (Wildman–Crippen MR) is 99.2 cm³/mol. The molecule has 0 unspecified atom stereocenters. The van der Waals surface area contributed by atoms with Crippen molar-refractivity contribution in [2.75, 3.05) is 0 Å². The molecule has 7 heteroatoms. The van der Waals surface area contributed by atoms with Gasteiger partial charge in [-0.25, -0.2) is 14.5 Å². The maximum Gasteiger partial charge on any atom is 0.355 e. The molecule has 0 spiro atoms. The van der Waals surface area contributed by atoms with Gasteiger partial charge in [0, 0.05) is 17.2 Å². The summed E-state index contributed by atoms with van der Waals surface area (Å²) in [6, 6.07) is 15.2. The Kier molecular flexibility index (Phi) is 4.81. The fourth-order valence-electron chi connectivity index (χ4n) is 2.71. The molecule has 0 saturated carbocycles. The van der Waals surface area contributed by atoms with Crippen LogP contribution in [0.2, 0.25) is 0 Å². The van der Waals surface area contributed by atoms with E-state index in [2.05, 4.69) is 10.1 Å². The average Bonchev–Trinajstić information content (AvgIpc) is 2.67. The lowest BCUT2D eigenvalue weighted by Gasteiger charge is -2.14. The largest absolute Gasteiger partial charge is 0.476 e. The Balaban J connectivity index is 2.35. The van der Waals surface area contributed by atoms with Crippen molar-refractivity contribution in [3.05, 3.63) is 70.1 Å². The smallest absolute Gasteiger partial charge is 0.355 e. The van der Waals surface area contributed by atoms with E-state index in [1.165, 1.54) is 16.8 Å². The molecule has 3 rings (SSSR count). The van der Waals surface area contributed by atoms with Crippen LogP contribution in [0.1, 0.15) is 35.9 Å². The van der Waals surface area contributed by atoms with Crippen molar-refractivity contribution in [2.45, 2.75) is 19.9 Å². The van der Waals surface area contributed by atoms with Gasteiger partial charge in [-0.05, 0) is 26.0 Å². The van der Waals surface area contributed by atoms with Crippen molar-refractivity contribution >= 4 is 5.97 Å². The Morgan fingerprint density at radius 3 is 2.48 bits per heavy atom. The van der Waals surface area contributed by atoms with Crippen LogP contribution in [0.3, 0.4) is 0 Å². The van der Waals surface area contributed by atoms with Crippen molar-refractivity contribution in [1.29, 1.82) is 5.26 Å². The van der Waals surface area contributed by atoms with Gasteiger partial charge in [0.2, 0.25) is 0 Å². The maximum atomic E-state index is 12.0. The van der Waals surface area contributed by atoms with Crippen molar-refractivity contribution in [3.8, 4) is 28.6 Å². The van der Waals surface area contributed by atoms with Crippen LogP contribution in [0, 0.1) is 11.3 Å². The number of carboxylic acid groups (broad SMARTS) is 1. The van der Waals surface area contributed by atoms with Gasteiger partial charge in [0.05, 0.1) is 23.0 Å². The molecule has 3 aromatic rings. The Morgan fingerprint density at radius 2 is 1.89 bits per heavy atom. The third-order valence-corrected chi connectivity index (χ3v) is 3.98. The molecule has 0 saturated heterocycles. The summed E-state index contributed by atoms with van der Waals surface area (Å²) >= 11 is 0. The number of aromatic nitrogens is 3. The number of carbonyl (C=O) groups is 1. The lowest BCUT2D eigenvalue weighted by atomic mass is 10.00. The molecule has 0 fully saturated rings. The third-order valence-electron chi connectivity index (χ3n) is 3.98. The lowest BCUT2D eigenvalue weighted by Crippen LogP contribution is -2.24. The zero-order valence-corrected chi connectivity index (χ0v) is 14.7. The van der Waals surface area contributed by atoms with E-state index in [1.54, 1.807) is 18.2 Å². The summed E-state index contributed by atoms with van der Waals surface area (Å²) < 4.78 is 1.33. The molecule has 7 nitrogen and oxygen atoms in total. The molecule has 0 aliphatic carbocycles. The fourth-order valence-corrected chi connectivity index (χ4v) is 2.71. The molecule has 0 atom stereocenters. The van der Waals surface area contributed by atoms with Gasteiger partial charge in [-0.3, -0.25) is 4.79 Å². The van der Waals surface area contributed by atoms with Gasteiger partial charge in [0.1, 0.15) is 6.07 Å². The number of pyridine rings is 1. The van der Waals surface area contributed by atoms with Gasteiger partial charge in [0.25, 0.3) is 5.56 Å². The first-order valence-corrected chi connectivity index (χ1v) is 8.26. The second-order valence-electron chi connectivity index (χ2n) is 6.16. The van der Waals surface area contributed by atoms with E-state index < -0.39 is 5.97 Å². The number of hydrogen-bond donors (Lipinski definition) is 1. The average molecular weight is 360 g/mol. The summed E-state index contributed by atoms with van der Waals surface area (Å²) in [5.41, 5.74) is 1.35. The van der Waals surface area contributed by atoms with E-state index in [-0.39, 0.29) is 22.9 Å². The van der Waals surface area contributed by atoms with Crippen LogP contribution >= 0.6 is 0 Å². The number of nitrogens with zero attached hydrogens (tertiary/aromatic N) is 4. The predicted octanol–water partition coefficient (Wildman–Crippen LogP) is 3.12. The van der Waals surface area contributed by atoms with Gasteiger partial charge >= 0.3 is 5.97 Å². The highest BCUT2D eigenvalue weighted by atomic mass is 16.4. The van der Waals surface area contributed by atoms with Crippen LogP contribution < -0.4 is 5.56 Å². The summed E-state index contributed by atoms with van der Waals surface area (Å²) in [6.45, 7) is 3.67. The van der Waals surface area contributed by atoms with Gasteiger partial charge in [-0.15, -0.1) is 0 Å². The highest BCUT2D eigenvalue weighted by Crippen LogP contribution is 2.31. The van der Waals surface area contributed by atoms with Crippen LogP contribution in [0.5, 0.6) is 0 Å². The first kappa shape index (κ1) is 18.0. The van der Waals surface area contributed by atoms with E-state index in [0.717, 1.165) is 0 Å². The fraction of sp³-hybridized carbons (Fsp3) is 0.150. The minimum atomic E-state index is -1.28. The molecule has 0 aliphatic rings. The molecule has 27 heavy (non-hydrogen) atoms. The number of hydrogen-bond acceptors (Lipinski definition) is 5. The molecule has 0 aliphatic heterocycles. The minimum absolute atomic E-state index is 0.0683. The molecule has 2 heterocycles. The van der Waals surface area contributed by atoms with Crippen molar-refractivity contribution < 1.29 is 9.90 Å². The van der Waals surface area contributed by atoms with Crippen LogP contribution in [0.25, 0.3) is 22.5 Å². The Labute approximate surface area is 155 Å². The molecule has 2 aromatic heterocycles. The third kappa shape index (κ3) is 3.46. The van der Waals surface area contributed by atoms with Gasteiger partial charge in [0.15, 0.2) is 5.69 Å².